The third-order valence-electron chi connectivity index (χ3n) is 4.99. The number of aromatic nitrogens is 4. The summed E-state index contributed by atoms with van der Waals surface area (Å²) in [5, 5.41) is 11.3. The Morgan fingerprint density at radius 3 is 2.50 bits per heavy atom. The highest BCUT2D eigenvalue weighted by atomic mass is 16.6. The van der Waals surface area contributed by atoms with E-state index in [0.29, 0.717) is 13.1 Å². The minimum absolute atomic E-state index is 0.0986. The van der Waals surface area contributed by atoms with Crippen LogP contribution in [0.3, 0.4) is 0 Å². The van der Waals surface area contributed by atoms with Crippen LogP contribution in [0.5, 0.6) is 5.75 Å². The lowest BCUT2D eigenvalue weighted by molar-refractivity contribution is 0.0517. The molecule has 0 spiro atoms. The number of piperidine rings is 1. The van der Waals surface area contributed by atoms with Crippen molar-refractivity contribution in [3.63, 3.8) is 0 Å². The second-order valence-corrected chi connectivity index (χ2v) is 7.57. The van der Waals surface area contributed by atoms with Gasteiger partial charge >= 0.3 is 6.09 Å². The maximum absolute atomic E-state index is 12.0. The van der Waals surface area contributed by atoms with Crippen LogP contribution < -0.4 is 4.74 Å². The Bertz CT molecular complexity index is 965. The van der Waals surface area contributed by atoms with Crippen LogP contribution in [-0.2, 0) is 4.74 Å². The first kappa shape index (κ1) is 19.9. The highest BCUT2D eigenvalue weighted by molar-refractivity contribution is 5.68. The Hall–Kier alpha value is -3.42. The smallest absolute Gasteiger partial charge is 0.410 e. The molecule has 1 amide bonds. The number of hydrogen-bond donors (Lipinski definition) is 0. The van der Waals surface area contributed by atoms with Gasteiger partial charge in [0.1, 0.15) is 18.2 Å². The lowest BCUT2D eigenvalue weighted by atomic mass is 10.0. The van der Waals surface area contributed by atoms with Crippen LogP contribution in [0.25, 0.3) is 16.8 Å². The first-order chi connectivity index (χ1) is 14.6. The zero-order valence-corrected chi connectivity index (χ0v) is 17.1. The Morgan fingerprint density at radius 2 is 1.83 bits per heavy atom. The standard InChI is InChI=1S/C22H25N5O3/c1-16(2)29-22(28)26-12-10-21(11-13-26)30-20-8-6-17(7-9-20)18-4-3-5-19(14-18)27-15-23-24-25-27/h3-9,14-16,21H,10-13H2,1-2H3. The number of ether oxygens (including phenoxy) is 2. The number of likely N-dealkylation sites (tertiary alicyclic amines) is 1. The average molecular weight is 407 g/mol. The van der Waals surface area contributed by atoms with Crippen LogP contribution in [0.4, 0.5) is 4.79 Å². The zero-order valence-electron chi connectivity index (χ0n) is 17.1. The molecule has 0 bridgehead atoms. The first-order valence-corrected chi connectivity index (χ1v) is 10.1. The Kier molecular flexibility index (Phi) is 5.92. The fraction of sp³-hybridized carbons (Fsp3) is 0.364. The van der Waals surface area contributed by atoms with Crippen molar-refractivity contribution < 1.29 is 14.3 Å². The highest BCUT2D eigenvalue weighted by Gasteiger charge is 2.25. The van der Waals surface area contributed by atoms with Crippen molar-refractivity contribution >= 4 is 6.09 Å². The molecule has 0 atom stereocenters. The molecule has 0 aliphatic carbocycles. The lowest BCUT2D eigenvalue weighted by Crippen LogP contribution is -2.42. The van der Waals surface area contributed by atoms with Gasteiger partial charge in [-0.15, -0.1) is 5.10 Å². The minimum atomic E-state index is -0.239. The molecule has 0 saturated carbocycles. The van der Waals surface area contributed by atoms with Crippen LogP contribution in [0.2, 0.25) is 0 Å². The summed E-state index contributed by atoms with van der Waals surface area (Å²) in [6, 6.07) is 16.1. The monoisotopic (exact) mass is 407 g/mol. The van der Waals surface area contributed by atoms with Crippen molar-refractivity contribution in [3.05, 3.63) is 54.9 Å². The molecule has 0 N–H and O–H groups in total. The van der Waals surface area contributed by atoms with Gasteiger partial charge in [0.25, 0.3) is 0 Å². The molecule has 8 nitrogen and oxygen atoms in total. The molecule has 8 heteroatoms. The van der Waals surface area contributed by atoms with Gasteiger partial charge in [-0.05, 0) is 59.7 Å². The van der Waals surface area contributed by atoms with Gasteiger partial charge in [-0.3, -0.25) is 0 Å². The van der Waals surface area contributed by atoms with Gasteiger partial charge in [0, 0.05) is 25.9 Å². The van der Waals surface area contributed by atoms with E-state index in [0.717, 1.165) is 35.4 Å². The summed E-state index contributed by atoms with van der Waals surface area (Å²) in [4.78, 5) is 13.7. The molecule has 2 aromatic carbocycles. The number of nitrogens with zero attached hydrogens (tertiary/aromatic N) is 5. The SMILES string of the molecule is CC(C)OC(=O)N1CCC(Oc2ccc(-c3cccc(-n4cnnn4)c3)cc2)CC1. The van der Waals surface area contributed by atoms with Crippen LogP contribution in [-0.4, -0.2) is 56.5 Å². The number of hydrogen-bond acceptors (Lipinski definition) is 6. The summed E-state index contributed by atoms with van der Waals surface area (Å²) in [6.07, 6.45) is 2.92. The summed E-state index contributed by atoms with van der Waals surface area (Å²) < 4.78 is 13.0. The quantitative estimate of drug-likeness (QED) is 0.641. The Labute approximate surface area is 175 Å². The molecule has 2 heterocycles. The van der Waals surface area contributed by atoms with E-state index >= 15 is 0 Å². The van der Waals surface area contributed by atoms with Gasteiger partial charge in [0.2, 0.25) is 0 Å². The van der Waals surface area contributed by atoms with E-state index in [-0.39, 0.29) is 18.3 Å². The third-order valence-corrected chi connectivity index (χ3v) is 4.99. The summed E-state index contributed by atoms with van der Waals surface area (Å²) in [7, 11) is 0. The lowest BCUT2D eigenvalue weighted by Gasteiger charge is -2.32. The van der Waals surface area contributed by atoms with Crippen molar-refractivity contribution in [2.45, 2.75) is 38.9 Å². The van der Waals surface area contributed by atoms with Gasteiger partial charge in [-0.1, -0.05) is 24.3 Å². The average Bonchev–Trinajstić information content (AvgIpc) is 3.29. The van der Waals surface area contributed by atoms with Crippen LogP contribution in [0.15, 0.2) is 54.9 Å². The van der Waals surface area contributed by atoms with E-state index in [4.69, 9.17) is 9.47 Å². The molecule has 0 radical (unpaired) electrons. The van der Waals surface area contributed by atoms with Gasteiger partial charge < -0.3 is 14.4 Å². The fourth-order valence-corrected chi connectivity index (χ4v) is 3.46. The van der Waals surface area contributed by atoms with E-state index in [2.05, 4.69) is 21.6 Å². The van der Waals surface area contributed by atoms with Crippen LogP contribution in [0, 0.1) is 0 Å². The number of carbonyl (C=O) groups excluding carboxylic acids is 1. The van der Waals surface area contributed by atoms with Gasteiger partial charge in [0.05, 0.1) is 11.8 Å². The molecule has 4 rings (SSSR count). The Morgan fingerprint density at radius 1 is 1.07 bits per heavy atom. The van der Waals surface area contributed by atoms with E-state index in [1.54, 1.807) is 15.9 Å². The van der Waals surface area contributed by atoms with Gasteiger partial charge in [-0.25, -0.2) is 9.48 Å². The van der Waals surface area contributed by atoms with Crippen LogP contribution in [0.1, 0.15) is 26.7 Å². The van der Waals surface area contributed by atoms with Crippen molar-refractivity contribution in [1.82, 2.24) is 25.1 Å². The van der Waals surface area contributed by atoms with E-state index < -0.39 is 0 Å². The largest absolute Gasteiger partial charge is 0.490 e. The second kappa shape index (κ2) is 8.94. The predicted molar refractivity (Wildman–Crippen MR) is 111 cm³/mol. The van der Waals surface area contributed by atoms with Gasteiger partial charge in [-0.2, -0.15) is 0 Å². The maximum Gasteiger partial charge on any atom is 0.410 e. The fourth-order valence-electron chi connectivity index (χ4n) is 3.46. The molecule has 0 unspecified atom stereocenters. The van der Waals surface area contributed by atoms with Crippen molar-refractivity contribution in [3.8, 4) is 22.6 Å². The molecule has 1 fully saturated rings. The van der Waals surface area contributed by atoms with Crippen LogP contribution >= 0.6 is 0 Å². The molecule has 30 heavy (non-hydrogen) atoms. The first-order valence-electron chi connectivity index (χ1n) is 10.1. The summed E-state index contributed by atoms with van der Waals surface area (Å²) >= 11 is 0. The molecular formula is C22H25N5O3. The number of rotatable bonds is 5. The molecule has 3 aromatic rings. The predicted octanol–water partition coefficient (Wildman–Crippen LogP) is 3.72. The molecule has 1 aliphatic heterocycles. The molecular weight excluding hydrogens is 382 g/mol. The third kappa shape index (κ3) is 4.76. The summed E-state index contributed by atoms with van der Waals surface area (Å²) in [6.45, 7) is 5.02. The second-order valence-electron chi connectivity index (χ2n) is 7.57. The summed E-state index contributed by atoms with van der Waals surface area (Å²) in [5.41, 5.74) is 3.07. The molecule has 156 valence electrons. The van der Waals surface area contributed by atoms with Crippen molar-refractivity contribution in [2.75, 3.05) is 13.1 Å². The van der Waals surface area contributed by atoms with E-state index in [1.807, 2.05) is 56.3 Å². The highest BCUT2D eigenvalue weighted by Crippen LogP contribution is 2.26. The minimum Gasteiger partial charge on any atom is -0.490 e. The number of amides is 1. The zero-order chi connectivity index (χ0) is 20.9. The number of benzene rings is 2. The maximum atomic E-state index is 12.0. The molecule has 1 saturated heterocycles. The molecule has 1 aromatic heterocycles. The van der Waals surface area contributed by atoms with Gasteiger partial charge in [0.15, 0.2) is 0 Å². The van der Waals surface area contributed by atoms with Crippen molar-refractivity contribution in [1.29, 1.82) is 0 Å². The molecule has 1 aliphatic rings. The van der Waals surface area contributed by atoms with Crippen molar-refractivity contribution in [2.24, 2.45) is 0 Å². The number of carbonyl (C=O) groups is 1. The topological polar surface area (TPSA) is 82.4 Å². The van der Waals surface area contributed by atoms with E-state index in [1.165, 1.54) is 0 Å². The van der Waals surface area contributed by atoms with E-state index in [9.17, 15) is 4.79 Å². The normalized spacial score (nSPS) is 14.7. The Balaban J connectivity index is 1.35. The number of tetrazole rings is 1. The summed E-state index contributed by atoms with van der Waals surface area (Å²) in [5.74, 6) is 0.832.